The first-order chi connectivity index (χ1) is 13.1. The van der Waals surface area contributed by atoms with Gasteiger partial charge in [-0.05, 0) is 0 Å². The molecule has 0 aromatic carbocycles. The predicted octanol–water partition coefficient (Wildman–Crippen LogP) is -6.33. The number of hydrogen-bond donors (Lipinski definition) is 10. The molecular weight excluding hydrogens is 392 g/mol. The first-order valence-electron chi connectivity index (χ1n) is 8.18. The van der Waals surface area contributed by atoms with E-state index in [1.807, 2.05) is 0 Å². The maximum absolute atomic E-state index is 9.94. The molecule has 166 valence electrons. The fourth-order valence-corrected chi connectivity index (χ4v) is 2.57. The highest BCUT2D eigenvalue weighted by atomic mass is 16.7. The summed E-state index contributed by atoms with van der Waals surface area (Å²) in [5.74, 6) is -1.19. The molecule has 1 unspecified atom stereocenters. The number of rotatable bonds is 5. The van der Waals surface area contributed by atoms with Crippen molar-refractivity contribution in [1.29, 1.82) is 0 Å². The molecular formula is C14H26O14. The van der Waals surface area contributed by atoms with Gasteiger partial charge < -0.3 is 65.3 Å². The van der Waals surface area contributed by atoms with Crippen LogP contribution in [-0.2, 0) is 19.0 Å². The van der Waals surface area contributed by atoms with E-state index in [9.17, 15) is 35.7 Å². The topological polar surface area (TPSA) is 247 Å². The Labute approximate surface area is 158 Å². The van der Waals surface area contributed by atoms with Gasteiger partial charge in [-0.2, -0.15) is 0 Å². The summed E-state index contributed by atoms with van der Waals surface area (Å²) in [6.45, 7) is -2.12. The maximum Gasteiger partial charge on any atom is 0.329 e. The van der Waals surface area contributed by atoms with Crippen LogP contribution in [0, 0.1) is 0 Å². The van der Waals surface area contributed by atoms with Gasteiger partial charge >= 0.3 is 5.97 Å². The number of carbonyl (C=O) groups is 1. The Hall–Kier alpha value is -1.01. The second kappa shape index (κ2) is 11.2. The first kappa shape index (κ1) is 25.0. The molecule has 14 nitrogen and oxygen atoms in total. The Morgan fingerprint density at radius 1 is 0.750 bits per heavy atom. The molecule has 0 aromatic rings. The minimum Gasteiger partial charge on any atom is -0.480 e. The molecule has 0 saturated carbocycles. The quantitative estimate of drug-likeness (QED) is 0.199. The van der Waals surface area contributed by atoms with Gasteiger partial charge in [-0.3, -0.25) is 0 Å². The average molecular weight is 418 g/mol. The van der Waals surface area contributed by atoms with E-state index in [4.69, 9.17) is 34.3 Å². The number of carboxylic acid groups (broad SMARTS) is 1. The monoisotopic (exact) mass is 418 g/mol. The summed E-state index contributed by atoms with van der Waals surface area (Å²) in [5, 5.41) is 91.5. The predicted molar refractivity (Wildman–Crippen MR) is 83.3 cm³/mol. The van der Waals surface area contributed by atoms with Crippen LogP contribution in [0.4, 0.5) is 0 Å². The first-order valence-corrected chi connectivity index (χ1v) is 8.18. The SMILES string of the molecule is O=C(O)CO.OC[C@H]1O[C@@H](O[C@H]2[C@H](O)[C@@H](O)C(O)O[C@@H]2CO)[C@H](O)[C@@H](O)[C@H]1O. The molecule has 2 aliphatic heterocycles. The minimum absolute atomic E-state index is 0.667. The standard InChI is InChI=1S/C12H22O11.C2H4O3/c13-1-3-5(15)6(16)9(19)12(22-3)23-10-4(2-14)21-11(20)8(18)7(10)17;3-1-2(4)5/h3-20H,1-2H2;3H,1H2,(H,4,5)/t3-,4-,5+,6+,7-,8-,9-,10-,11?,12+;/m1./s1. The molecule has 2 rings (SSSR count). The van der Waals surface area contributed by atoms with E-state index in [0.29, 0.717) is 0 Å². The summed E-state index contributed by atoms with van der Waals surface area (Å²) in [6.07, 6.45) is -15.6. The fourth-order valence-electron chi connectivity index (χ4n) is 2.57. The smallest absolute Gasteiger partial charge is 0.329 e. The lowest BCUT2D eigenvalue weighted by Gasteiger charge is -2.45. The number of hydrogen-bond acceptors (Lipinski definition) is 13. The van der Waals surface area contributed by atoms with Crippen molar-refractivity contribution in [1.82, 2.24) is 0 Å². The lowest BCUT2D eigenvalue weighted by molar-refractivity contribution is -0.355. The molecule has 0 aromatic heterocycles. The van der Waals surface area contributed by atoms with E-state index in [1.54, 1.807) is 0 Å². The molecule has 0 bridgehead atoms. The highest BCUT2D eigenvalue weighted by Gasteiger charge is 2.50. The second-order valence-electron chi connectivity index (χ2n) is 6.08. The van der Waals surface area contributed by atoms with Crippen molar-refractivity contribution in [3.63, 3.8) is 0 Å². The Bertz CT molecular complexity index is 473. The molecule has 0 amide bonds. The van der Waals surface area contributed by atoms with Gasteiger partial charge in [-0.25, -0.2) is 4.79 Å². The van der Waals surface area contributed by atoms with Crippen LogP contribution in [0.5, 0.6) is 0 Å². The van der Waals surface area contributed by atoms with E-state index < -0.39 is 87.2 Å². The summed E-state index contributed by atoms with van der Waals surface area (Å²) in [4.78, 5) is 9.12. The molecule has 0 spiro atoms. The molecule has 14 heteroatoms. The van der Waals surface area contributed by atoms with Gasteiger partial charge in [-0.15, -0.1) is 0 Å². The van der Waals surface area contributed by atoms with Crippen LogP contribution in [0.15, 0.2) is 0 Å². The van der Waals surface area contributed by atoms with Gasteiger partial charge in [0.1, 0.15) is 55.4 Å². The molecule has 0 radical (unpaired) electrons. The molecule has 2 fully saturated rings. The Balaban J connectivity index is 0.000000696. The van der Waals surface area contributed by atoms with Crippen LogP contribution < -0.4 is 0 Å². The van der Waals surface area contributed by atoms with Crippen molar-refractivity contribution >= 4 is 5.97 Å². The Kier molecular flexibility index (Phi) is 10.1. The van der Waals surface area contributed by atoms with Crippen molar-refractivity contribution in [2.24, 2.45) is 0 Å². The number of aliphatic carboxylic acids is 1. The lowest BCUT2D eigenvalue weighted by atomic mass is 9.97. The third-order valence-electron chi connectivity index (χ3n) is 4.11. The van der Waals surface area contributed by atoms with Crippen LogP contribution in [0.2, 0.25) is 0 Å². The van der Waals surface area contributed by atoms with Crippen LogP contribution in [0.1, 0.15) is 0 Å². The van der Waals surface area contributed by atoms with Crippen molar-refractivity contribution in [2.75, 3.05) is 19.8 Å². The van der Waals surface area contributed by atoms with Gasteiger partial charge in [-0.1, -0.05) is 0 Å². The van der Waals surface area contributed by atoms with E-state index >= 15 is 0 Å². The molecule has 28 heavy (non-hydrogen) atoms. The number of ether oxygens (including phenoxy) is 3. The van der Waals surface area contributed by atoms with E-state index in [0.717, 1.165) is 0 Å². The Morgan fingerprint density at radius 3 is 1.75 bits per heavy atom. The van der Waals surface area contributed by atoms with Crippen molar-refractivity contribution in [3.8, 4) is 0 Å². The van der Waals surface area contributed by atoms with Crippen molar-refractivity contribution < 1.29 is 70.1 Å². The van der Waals surface area contributed by atoms with E-state index in [1.165, 1.54) is 0 Å². The van der Waals surface area contributed by atoms with Crippen LogP contribution in [-0.4, -0.2) is 138 Å². The van der Waals surface area contributed by atoms with Crippen LogP contribution in [0.3, 0.4) is 0 Å². The maximum atomic E-state index is 9.94. The largest absolute Gasteiger partial charge is 0.480 e. The fraction of sp³-hybridized carbons (Fsp3) is 0.929. The molecule has 2 heterocycles. The second-order valence-corrected chi connectivity index (χ2v) is 6.08. The van der Waals surface area contributed by atoms with Crippen LogP contribution in [0.25, 0.3) is 0 Å². The molecule has 10 atom stereocenters. The summed E-state index contributed by atoms with van der Waals surface area (Å²) < 4.78 is 15.3. The highest BCUT2D eigenvalue weighted by Crippen LogP contribution is 2.28. The van der Waals surface area contributed by atoms with Crippen LogP contribution >= 0.6 is 0 Å². The summed E-state index contributed by atoms with van der Waals surface area (Å²) >= 11 is 0. The van der Waals surface area contributed by atoms with E-state index in [2.05, 4.69) is 0 Å². The zero-order chi connectivity index (χ0) is 21.6. The van der Waals surface area contributed by atoms with Crippen molar-refractivity contribution in [2.45, 2.75) is 61.4 Å². The van der Waals surface area contributed by atoms with Gasteiger partial charge in [0.25, 0.3) is 0 Å². The average Bonchev–Trinajstić information content (AvgIpc) is 2.68. The minimum atomic E-state index is -1.74. The van der Waals surface area contributed by atoms with Gasteiger partial charge in [0.2, 0.25) is 0 Å². The number of aliphatic hydroxyl groups excluding tert-OH is 9. The highest BCUT2D eigenvalue weighted by molar-refractivity contribution is 5.67. The zero-order valence-electron chi connectivity index (χ0n) is 14.5. The van der Waals surface area contributed by atoms with Gasteiger partial charge in [0.15, 0.2) is 12.6 Å². The third-order valence-corrected chi connectivity index (χ3v) is 4.11. The van der Waals surface area contributed by atoms with Gasteiger partial charge in [0, 0.05) is 0 Å². The van der Waals surface area contributed by atoms with Crippen molar-refractivity contribution in [3.05, 3.63) is 0 Å². The summed E-state index contributed by atoms with van der Waals surface area (Å²) in [5.41, 5.74) is 0. The number of aliphatic hydroxyl groups is 9. The van der Waals surface area contributed by atoms with Gasteiger partial charge in [0.05, 0.1) is 13.2 Å². The Morgan fingerprint density at radius 2 is 1.29 bits per heavy atom. The lowest BCUT2D eigenvalue weighted by Crippen LogP contribution is -2.64. The molecule has 10 N–H and O–H groups in total. The molecule has 2 aliphatic rings. The number of carboxylic acids is 1. The third kappa shape index (κ3) is 5.99. The summed E-state index contributed by atoms with van der Waals surface area (Å²) in [6, 6.07) is 0. The summed E-state index contributed by atoms with van der Waals surface area (Å²) in [7, 11) is 0. The zero-order valence-corrected chi connectivity index (χ0v) is 14.5. The molecule has 0 aliphatic carbocycles. The molecule has 2 saturated heterocycles. The van der Waals surface area contributed by atoms with E-state index in [-0.39, 0.29) is 0 Å². The normalized spacial score (nSPS) is 43.8.